The number of thioether (sulfide) groups is 1. The Morgan fingerprint density at radius 3 is 2.92 bits per heavy atom. The summed E-state index contributed by atoms with van der Waals surface area (Å²) >= 11 is 4.89. The summed E-state index contributed by atoms with van der Waals surface area (Å²) in [5.41, 5.74) is 1.09. The van der Waals surface area contributed by atoms with Crippen molar-refractivity contribution in [3.05, 3.63) is 63.1 Å². The summed E-state index contributed by atoms with van der Waals surface area (Å²) in [4.78, 5) is 11.8. The number of benzene rings is 1. The van der Waals surface area contributed by atoms with Crippen molar-refractivity contribution in [2.75, 3.05) is 0 Å². The van der Waals surface area contributed by atoms with E-state index in [1.54, 1.807) is 12.3 Å². The third-order valence-corrected chi connectivity index (χ3v) is 5.29. The number of aromatic nitrogens is 3. The van der Waals surface area contributed by atoms with Crippen LogP contribution in [-0.2, 0) is 12.8 Å². The van der Waals surface area contributed by atoms with E-state index in [-0.39, 0.29) is 5.63 Å². The van der Waals surface area contributed by atoms with E-state index >= 15 is 0 Å². The van der Waals surface area contributed by atoms with Gasteiger partial charge in [-0.2, -0.15) is 0 Å². The number of hydrogen-bond donors (Lipinski definition) is 0. The van der Waals surface area contributed by atoms with E-state index in [1.807, 2.05) is 35.9 Å². The maximum atomic E-state index is 11.8. The highest BCUT2D eigenvalue weighted by molar-refractivity contribution is 9.10. The second-order valence-electron chi connectivity index (χ2n) is 5.36. The summed E-state index contributed by atoms with van der Waals surface area (Å²) in [6.07, 6.45) is 1.60. The van der Waals surface area contributed by atoms with Crippen LogP contribution in [0.4, 0.5) is 0 Å². The first-order valence-corrected chi connectivity index (χ1v) is 9.18. The zero-order chi connectivity index (χ0) is 17.4. The van der Waals surface area contributed by atoms with Gasteiger partial charge in [-0.3, -0.25) is 0 Å². The monoisotopic (exact) mass is 417 g/mol. The Labute approximate surface area is 155 Å². The maximum Gasteiger partial charge on any atom is 0.336 e. The minimum atomic E-state index is -0.365. The fourth-order valence-electron chi connectivity index (χ4n) is 2.53. The molecule has 25 heavy (non-hydrogen) atoms. The van der Waals surface area contributed by atoms with Gasteiger partial charge in [0, 0.05) is 28.7 Å². The summed E-state index contributed by atoms with van der Waals surface area (Å²) in [5.74, 6) is 1.90. The van der Waals surface area contributed by atoms with Crippen molar-refractivity contribution in [3.8, 4) is 11.6 Å². The van der Waals surface area contributed by atoms with Gasteiger partial charge in [-0.25, -0.2) is 4.79 Å². The molecule has 0 spiro atoms. The summed E-state index contributed by atoms with van der Waals surface area (Å²) in [6, 6.07) is 10.8. The van der Waals surface area contributed by atoms with Gasteiger partial charge in [-0.05, 0) is 35.9 Å². The van der Waals surface area contributed by atoms with Gasteiger partial charge in [0.25, 0.3) is 0 Å². The van der Waals surface area contributed by atoms with Crippen molar-refractivity contribution in [1.82, 2.24) is 14.8 Å². The van der Waals surface area contributed by atoms with Crippen molar-refractivity contribution in [2.24, 2.45) is 7.05 Å². The molecule has 0 aliphatic rings. The molecule has 1 aromatic carbocycles. The van der Waals surface area contributed by atoms with Crippen LogP contribution >= 0.6 is 27.7 Å². The fraction of sp³-hybridized carbons (Fsp3) is 0.118. The lowest BCUT2D eigenvalue weighted by molar-refractivity contribution is 0.559. The lowest BCUT2D eigenvalue weighted by Gasteiger charge is -2.06. The molecule has 0 fully saturated rings. The van der Waals surface area contributed by atoms with Crippen LogP contribution in [0.2, 0.25) is 0 Å². The molecule has 6 nitrogen and oxygen atoms in total. The molecule has 0 aliphatic carbocycles. The molecule has 0 atom stereocenters. The van der Waals surface area contributed by atoms with Crippen LogP contribution in [0.25, 0.3) is 22.6 Å². The Bertz CT molecular complexity index is 1100. The summed E-state index contributed by atoms with van der Waals surface area (Å²) in [5, 5.41) is 10.0. The van der Waals surface area contributed by atoms with E-state index in [2.05, 4.69) is 26.1 Å². The Hall–Kier alpha value is -2.32. The van der Waals surface area contributed by atoms with Crippen molar-refractivity contribution >= 4 is 38.7 Å². The minimum absolute atomic E-state index is 0.365. The Morgan fingerprint density at radius 2 is 2.12 bits per heavy atom. The van der Waals surface area contributed by atoms with Gasteiger partial charge in [0.15, 0.2) is 16.7 Å². The third kappa shape index (κ3) is 3.14. The predicted molar refractivity (Wildman–Crippen MR) is 98.4 cm³/mol. The average Bonchev–Trinajstić information content (AvgIpc) is 3.21. The highest BCUT2D eigenvalue weighted by Gasteiger charge is 2.14. The molecule has 0 N–H and O–H groups in total. The van der Waals surface area contributed by atoms with Gasteiger partial charge < -0.3 is 13.4 Å². The molecule has 0 bridgehead atoms. The second kappa shape index (κ2) is 6.53. The molecule has 0 amide bonds. The lowest BCUT2D eigenvalue weighted by Crippen LogP contribution is -2.00. The van der Waals surface area contributed by atoms with Gasteiger partial charge in [-0.15, -0.1) is 10.2 Å². The van der Waals surface area contributed by atoms with Crippen molar-refractivity contribution < 1.29 is 8.83 Å². The van der Waals surface area contributed by atoms with Crippen LogP contribution in [-0.4, -0.2) is 14.8 Å². The van der Waals surface area contributed by atoms with E-state index < -0.39 is 0 Å². The van der Waals surface area contributed by atoms with E-state index in [0.29, 0.717) is 22.9 Å². The average molecular weight is 418 g/mol. The Kier molecular flexibility index (Phi) is 4.22. The second-order valence-corrected chi connectivity index (χ2v) is 7.22. The molecule has 0 radical (unpaired) electrons. The van der Waals surface area contributed by atoms with E-state index in [1.165, 1.54) is 17.8 Å². The number of hydrogen-bond acceptors (Lipinski definition) is 6. The fourth-order valence-corrected chi connectivity index (χ4v) is 3.77. The summed E-state index contributed by atoms with van der Waals surface area (Å²) in [7, 11) is 1.88. The molecule has 0 saturated carbocycles. The first-order valence-electron chi connectivity index (χ1n) is 7.40. The quantitative estimate of drug-likeness (QED) is 0.365. The molecular weight excluding hydrogens is 406 g/mol. The van der Waals surface area contributed by atoms with Crippen LogP contribution in [0.3, 0.4) is 0 Å². The van der Waals surface area contributed by atoms with Gasteiger partial charge in [0.1, 0.15) is 5.58 Å². The number of furan rings is 1. The number of fused-ring (bicyclic) bond motifs is 1. The molecular formula is C17H12BrN3O3S. The zero-order valence-electron chi connectivity index (χ0n) is 13.1. The molecule has 126 valence electrons. The van der Waals surface area contributed by atoms with Gasteiger partial charge >= 0.3 is 5.63 Å². The van der Waals surface area contributed by atoms with Crippen molar-refractivity contribution in [3.63, 3.8) is 0 Å². The number of halogens is 1. The van der Waals surface area contributed by atoms with Gasteiger partial charge in [-0.1, -0.05) is 27.7 Å². The first-order chi connectivity index (χ1) is 12.1. The molecule has 4 rings (SSSR count). The topological polar surface area (TPSA) is 74.1 Å². The molecule has 8 heteroatoms. The smallest absolute Gasteiger partial charge is 0.336 e. The minimum Gasteiger partial charge on any atom is -0.461 e. The van der Waals surface area contributed by atoms with E-state index in [0.717, 1.165) is 20.6 Å². The highest BCUT2D eigenvalue weighted by Crippen LogP contribution is 2.28. The van der Waals surface area contributed by atoms with Crippen LogP contribution < -0.4 is 5.63 Å². The summed E-state index contributed by atoms with van der Waals surface area (Å²) < 4.78 is 13.4. The lowest BCUT2D eigenvalue weighted by atomic mass is 10.1. The van der Waals surface area contributed by atoms with Crippen molar-refractivity contribution in [1.29, 1.82) is 0 Å². The molecule has 0 aliphatic heterocycles. The van der Waals surface area contributed by atoms with E-state index in [9.17, 15) is 4.79 Å². The Morgan fingerprint density at radius 1 is 1.24 bits per heavy atom. The summed E-state index contributed by atoms with van der Waals surface area (Å²) in [6.45, 7) is 0. The number of nitrogens with zero attached hydrogens (tertiary/aromatic N) is 3. The van der Waals surface area contributed by atoms with Crippen LogP contribution in [0, 0.1) is 0 Å². The molecule has 3 heterocycles. The number of rotatable bonds is 4. The third-order valence-electron chi connectivity index (χ3n) is 3.73. The molecule has 3 aromatic heterocycles. The zero-order valence-corrected chi connectivity index (χ0v) is 15.5. The predicted octanol–water partition coefficient (Wildman–Crippen LogP) is 4.24. The van der Waals surface area contributed by atoms with Crippen LogP contribution in [0.1, 0.15) is 5.56 Å². The SMILES string of the molecule is Cn1c(SCc2cc(=O)oc3cc(Br)ccc23)nnc1-c1ccco1. The highest BCUT2D eigenvalue weighted by atomic mass is 79.9. The van der Waals surface area contributed by atoms with Gasteiger partial charge in [0.05, 0.1) is 6.26 Å². The van der Waals surface area contributed by atoms with Crippen LogP contribution in [0.5, 0.6) is 0 Å². The van der Waals surface area contributed by atoms with Crippen molar-refractivity contribution in [2.45, 2.75) is 10.9 Å². The molecule has 0 saturated heterocycles. The Balaban J connectivity index is 1.64. The molecule has 4 aromatic rings. The van der Waals surface area contributed by atoms with Gasteiger partial charge in [0.2, 0.25) is 0 Å². The molecule has 0 unspecified atom stereocenters. The standard InChI is InChI=1S/C17H12BrN3O3S/c1-21-16(13-3-2-6-23-13)19-20-17(21)25-9-10-7-15(22)24-14-8-11(18)4-5-12(10)14/h2-8H,9H2,1H3. The maximum absolute atomic E-state index is 11.8. The van der Waals surface area contributed by atoms with E-state index in [4.69, 9.17) is 8.83 Å². The normalized spacial score (nSPS) is 11.3. The largest absolute Gasteiger partial charge is 0.461 e. The first kappa shape index (κ1) is 16.2. The van der Waals surface area contributed by atoms with Crippen LogP contribution in [0.15, 0.2) is 65.9 Å².